The van der Waals surface area contributed by atoms with Crippen molar-refractivity contribution < 1.29 is 9.90 Å². The molecule has 1 aromatic carbocycles. The van der Waals surface area contributed by atoms with Gasteiger partial charge in [0.05, 0.1) is 0 Å². The van der Waals surface area contributed by atoms with E-state index in [9.17, 15) is 4.79 Å². The van der Waals surface area contributed by atoms with Crippen LogP contribution in [0.25, 0.3) is 0 Å². The van der Waals surface area contributed by atoms with Crippen LogP contribution in [0.1, 0.15) is 27.2 Å². The summed E-state index contributed by atoms with van der Waals surface area (Å²) in [4.78, 5) is 13.4. The molecule has 3 nitrogen and oxygen atoms in total. The lowest BCUT2D eigenvalue weighted by atomic mass is 10.1. The molecule has 2 rings (SSSR count). The lowest BCUT2D eigenvalue weighted by Crippen LogP contribution is -1.95. The van der Waals surface area contributed by atoms with E-state index in [1.54, 1.807) is 12.3 Å². The van der Waals surface area contributed by atoms with Crippen LogP contribution in [0.5, 0.6) is 0 Å². The maximum absolute atomic E-state index is 10.7. The first kappa shape index (κ1) is 11.5. The standard InChI is InChI=1S/C14H15NO2/c1-10-2-4-11(5-3-10)6-7-12-8-13(14(16)17)15-9-12/h2-5,8-9,15H,6-7H2,1H3,(H,16,17). The van der Waals surface area contributed by atoms with Crippen molar-refractivity contribution >= 4 is 5.97 Å². The van der Waals surface area contributed by atoms with Crippen LogP contribution in [0.15, 0.2) is 36.5 Å². The van der Waals surface area contributed by atoms with E-state index in [1.807, 2.05) is 0 Å². The van der Waals surface area contributed by atoms with E-state index in [0.717, 1.165) is 18.4 Å². The van der Waals surface area contributed by atoms with Gasteiger partial charge in [-0.15, -0.1) is 0 Å². The molecule has 0 amide bonds. The third kappa shape index (κ3) is 2.97. The molecule has 0 atom stereocenters. The van der Waals surface area contributed by atoms with Gasteiger partial charge in [-0.05, 0) is 37.0 Å². The minimum Gasteiger partial charge on any atom is -0.477 e. The SMILES string of the molecule is Cc1ccc(CCc2c[nH]c(C(=O)O)c2)cc1. The Balaban J connectivity index is 1.97. The van der Waals surface area contributed by atoms with Gasteiger partial charge in [0.2, 0.25) is 0 Å². The van der Waals surface area contributed by atoms with Gasteiger partial charge >= 0.3 is 5.97 Å². The molecule has 2 aromatic rings. The Hall–Kier alpha value is -2.03. The van der Waals surface area contributed by atoms with Crippen LogP contribution in [0.4, 0.5) is 0 Å². The molecule has 88 valence electrons. The summed E-state index contributed by atoms with van der Waals surface area (Å²) in [5.74, 6) is -0.911. The monoisotopic (exact) mass is 229 g/mol. The molecule has 0 aliphatic rings. The van der Waals surface area contributed by atoms with Crippen molar-refractivity contribution in [3.05, 3.63) is 58.9 Å². The predicted octanol–water partition coefficient (Wildman–Crippen LogP) is 2.81. The fourth-order valence-corrected chi connectivity index (χ4v) is 1.75. The molecule has 0 spiro atoms. The van der Waals surface area contributed by atoms with Gasteiger partial charge in [0.25, 0.3) is 0 Å². The zero-order valence-electron chi connectivity index (χ0n) is 9.73. The number of benzene rings is 1. The summed E-state index contributed by atoms with van der Waals surface area (Å²) in [6.45, 7) is 2.06. The number of aromatic carboxylic acids is 1. The van der Waals surface area contributed by atoms with Gasteiger partial charge in [0.15, 0.2) is 0 Å². The van der Waals surface area contributed by atoms with Crippen molar-refractivity contribution in [2.45, 2.75) is 19.8 Å². The van der Waals surface area contributed by atoms with Gasteiger partial charge in [0.1, 0.15) is 5.69 Å². The maximum Gasteiger partial charge on any atom is 0.352 e. The topological polar surface area (TPSA) is 53.1 Å². The molecule has 1 heterocycles. The number of aromatic nitrogens is 1. The van der Waals surface area contributed by atoms with Crippen molar-refractivity contribution in [3.8, 4) is 0 Å². The van der Waals surface area contributed by atoms with Gasteiger partial charge in [0, 0.05) is 6.20 Å². The number of hydrogen-bond donors (Lipinski definition) is 2. The van der Waals surface area contributed by atoms with Crippen LogP contribution in [-0.4, -0.2) is 16.1 Å². The predicted molar refractivity (Wildman–Crippen MR) is 66.3 cm³/mol. The molecular weight excluding hydrogens is 214 g/mol. The molecule has 17 heavy (non-hydrogen) atoms. The van der Waals surface area contributed by atoms with E-state index < -0.39 is 5.97 Å². The van der Waals surface area contributed by atoms with Crippen molar-refractivity contribution in [1.82, 2.24) is 4.98 Å². The first-order chi connectivity index (χ1) is 8.15. The van der Waals surface area contributed by atoms with Crippen molar-refractivity contribution in [3.63, 3.8) is 0 Å². The molecule has 0 saturated carbocycles. The Morgan fingerprint density at radius 1 is 1.18 bits per heavy atom. The molecular formula is C14H15NO2. The van der Waals surface area contributed by atoms with Crippen LogP contribution >= 0.6 is 0 Å². The first-order valence-electron chi connectivity index (χ1n) is 5.61. The van der Waals surface area contributed by atoms with Crippen molar-refractivity contribution in [2.24, 2.45) is 0 Å². The fourth-order valence-electron chi connectivity index (χ4n) is 1.75. The summed E-state index contributed by atoms with van der Waals surface area (Å²) in [6, 6.07) is 10.1. The number of carboxylic acid groups (broad SMARTS) is 1. The largest absolute Gasteiger partial charge is 0.477 e. The van der Waals surface area contributed by atoms with Crippen LogP contribution in [0.2, 0.25) is 0 Å². The van der Waals surface area contributed by atoms with E-state index in [-0.39, 0.29) is 5.69 Å². The van der Waals surface area contributed by atoms with E-state index in [2.05, 4.69) is 36.2 Å². The highest BCUT2D eigenvalue weighted by Gasteiger charge is 2.05. The Kier molecular flexibility index (Phi) is 3.28. The number of aromatic amines is 1. The van der Waals surface area contributed by atoms with Gasteiger partial charge in [-0.3, -0.25) is 0 Å². The van der Waals surface area contributed by atoms with E-state index in [1.165, 1.54) is 11.1 Å². The lowest BCUT2D eigenvalue weighted by Gasteiger charge is -2.00. The molecule has 0 fully saturated rings. The number of hydrogen-bond acceptors (Lipinski definition) is 1. The highest BCUT2D eigenvalue weighted by Crippen LogP contribution is 2.10. The summed E-state index contributed by atoms with van der Waals surface area (Å²) in [5.41, 5.74) is 3.81. The third-order valence-corrected chi connectivity index (χ3v) is 2.80. The van der Waals surface area contributed by atoms with Gasteiger partial charge in [-0.25, -0.2) is 4.79 Å². The van der Waals surface area contributed by atoms with E-state index in [4.69, 9.17) is 5.11 Å². The Bertz CT molecular complexity index is 511. The number of aryl methyl sites for hydroxylation is 3. The molecule has 0 aliphatic heterocycles. The molecule has 3 heteroatoms. The smallest absolute Gasteiger partial charge is 0.352 e. The molecule has 0 unspecified atom stereocenters. The van der Waals surface area contributed by atoms with Crippen LogP contribution in [0, 0.1) is 6.92 Å². The number of carbonyl (C=O) groups is 1. The Labute approximate surface area is 100 Å². The highest BCUT2D eigenvalue weighted by atomic mass is 16.4. The van der Waals surface area contributed by atoms with Crippen molar-refractivity contribution in [1.29, 1.82) is 0 Å². The zero-order valence-corrected chi connectivity index (χ0v) is 9.73. The number of rotatable bonds is 4. The summed E-state index contributed by atoms with van der Waals surface area (Å²) >= 11 is 0. The van der Waals surface area contributed by atoms with Crippen molar-refractivity contribution in [2.75, 3.05) is 0 Å². The third-order valence-electron chi connectivity index (χ3n) is 2.80. The second-order valence-electron chi connectivity index (χ2n) is 4.21. The Morgan fingerprint density at radius 3 is 2.41 bits per heavy atom. The zero-order chi connectivity index (χ0) is 12.3. The van der Waals surface area contributed by atoms with Crippen LogP contribution in [0.3, 0.4) is 0 Å². The molecule has 0 aliphatic carbocycles. The molecule has 0 saturated heterocycles. The second-order valence-corrected chi connectivity index (χ2v) is 4.21. The minimum atomic E-state index is -0.911. The number of nitrogens with one attached hydrogen (secondary N) is 1. The number of carboxylic acids is 1. The first-order valence-corrected chi connectivity index (χ1v) is 5.61. The second kappa shape index (κ2) is 4.87. The van der Waals surface area contributed by atoms with Gasteiger partial charge in [-0.2, -0.15) is 0 Å². The molecule has 1 aromatic heterocycles. The minimum absolute atomic E-state index is 0.254. The van der Waals surface area contributed by atoms with Crippen LogP contribution < -0.4 is 0 Å². The quantitative estimate of drug-likeness (QED) is 0.847. The summed E-state index contributed by atoms with van der Waals surface area (Å²) in [6.07, 6.45) is 3.54. The molecule has 2 N–H and O–H groups in total. The summed E-state index contributed by atoms with van der Waals surface area (Å²) in [7, 11) is 0. The van der Waals surface area contributed by atoms with Gasteiger partial charge < -0.3 is 10.1 Å². The lowest BCUT2D eigenvalue weighted by molar-refractivity contribution is 0.0691. The summed E-state index contributed by atoms with van der Waals surface area (Å²) < 4.78 is 0. The average Bonchev–Trinajstić information content (AvgIpc) is 2.77. The maximum atomic E-state index is 10.7. The average molecular weight is 229 g/mol. The van der Waals surface area contributed by atoms with Crippen LogP contribution in [-0.2, 0) is 12.8 Å². The van der Waals surface area contributed by atoms with E-state index in [0.29, 0.717) is 0 Å². The number of H-pyrrole nitrogens is 1. The van der Waals surface area contributed by atoms with E-state index >= 15 is 0 Å². The normalized spacial score (nSPS) is 10.4. The Morgan fingerprint density at radius 2 is 1.82 bits per heavy atom. The molecule has 0 radical (unpaired) electrons. The summed E-state index contributed by atoms with van der Waals surface area (Å²) in [5, 5.41) is 8.78. The highest BCUT2D eigenvalue weighted by molar-refractivity contribution is 5.85. The fraction of sp³-hybridized carbons (Fsp3) is 0.214. The van der Waals surface area contributed by atoms with Gasteiger partial charge in [-0.1, -0.05) is 29.8 Å². The molecule has 0 bridgehead atoms.